The van der Waals surface area contributed by atoms with E-state index in [0.29, 0.717) is 5.84 Å². The van der Waals surface area contributed by atoms with Gasteiger partial charge in [-0.05, 0) is 22.8 Å². The van der Waals surface area contributed by atoms with E-state index in [9.17, 15) is 4.79 Å². The van der Waals surface area contributed by atoms with Crippen LogP contribution in [-0.2, 0) is 11.2 Å². The summed E-state index contributed by atoms with van der Waals surface area (Å²) >= 11 is 0. The fourth-order valence-electron chi connectivity index (χ4n) is 2.42. The Bertz CT molecular complexity index is 892. The average molecular weight is 301 g/mol. The minimum atomic E-state index is -0.455. The van der Waals surface area contributed by atoms with Gasteiger partial charge in [0.1, 0.15) is 0 Å². The molecule has 0 unspecified atom stereocenters. The molecular weight excluding hydrogens is 290 g/mol. The SMILES string of the molecule is O=C1N=C(c2ccc(Cc3ccccc3)cc2)N=C2N=NN=C12. The average Bonchev–Trinajstić information content (AvgIpc) is 3.06. The summed E-state index contributed by atoms with van der Waals surface area (Å²) in [5, 5.41) is 10.8. The van der Waals surface area contributed by atoms with Gasteiger partial charge in [0.2, 0.25) is 11.5 Å². The summed E-state index contributed by atoms with van der Waals surface area (Å²) < 4.78 is 0. The molecule has 2 heterocycles. The molecule has 0 atom stereocenters. The maximum absolute atomic E-state index is 11.8. The summed E-state index contributed by atoms with van der Waals surface area (Å²) in [6.07, 6.45) is 0.853. The van der Waals surface area contributed by atoms with Crippen LogP contribution in [0.15, 0.2) is 80.0 Å². The fourth-order valence-corrected chi connectivity index (χ4v) is 2.42. The summed E-state index contributed by atoms with van der Waals surface area (Å²) in [5.74, 6) is 0.118. The molecule has 2 aliphatic heterocycles. The number of hydrogen-bond acceptors (Lipinski definition) is 5. The molecule has 6 heteroatoms. The zero-order valence-electron chi connectivity index (χ0n) is 12.0. The number of rotatable bonds is 3. The summed E-state index contributed by atoms with van der Waals surface area (Å²) in [6, 6.07) is 18.1. The van der Waals surface area contributed by atoms with Crippen molar-refractivity contribution in [3.8, 4) is 0 Å². The maximum Gasteiger partial charge on any atom is 0.303 e. The third-order valence-corrected chi connectivity index (χ3v) is 3.58. The Balaban J connectivity index is 1.58. The molecule has 0 radical (unpaired) electrons. The Morgan fingerprint density at radius 3 is 2.30 bits per heavy atom. The van der Waals surface area contributed by atoms with Crippen molar-refractivity contribution in [2.75, 3.05) is 0 Å². The topological polar surface area (TPSA) is 78.9 Å². The van der Waals surface area contributed by atoms with E-state index in [1.165, 1.54) is 11.1 Å². The fraction of sp³-hybridized carbons (Fsp3) is 0.0588. The molecule has 23 heavy (non-hydrogen) atoms. The van der Waals surface area contributed by atoms with Gasteiger partial charge in [-0.1, -0.05) is 54.6 Å². The first-order chi connectivity index (χ1) is 11.3. The van der Waals surface area contributed by atoms with Crippen LogP contribution in [0.25, 0.3) is 0 Å². The third kappa shape index (κ3) is 2.62. The highest BCUT2D eigenvalue weighted by atomic mass is 16.1. The van der Waals surface area contributed by atoms with Gasteiger partial charge in [-0.25, -0.2) is 4.99 Å². The smallest absolute Gasteiger partial charge is 0.265 e. The van der Waals surface area contributed by atoms with Gasteiger partial charge in [-0.15, -0.1) is 10.2 Å². The summed E-state index contributed by atoms with van der Waals surface area (Å²) in [6.45, 7) is 0. The Morgan fingerprint density at radius 1 is 0.783 bits per heavy atom. The first kappa shape index (κ1) is 13.4. The second-order valence-electron chi connectivity index (χ2n) is 5.17. The third-order valence-electron chi connectivity index (χ3n) is 3.58. The molecule has 0 aliphatic carbocycles. The predicted octanol–water partition coefficient (Wildman–Crippen LogP) is 2.78. The van der Waals surface area contributed by atoms with Gasteiger partial charge in [0.05, 0.1) is 0 Å². The Kier molecular flexibility index (Phi) is 3.20. The molecule has 6 nitrogen and oxygen atoms in total. The van der Waals surface area contributed by atoms with Crippen LogP contribution >= 0.6 is 0 Å². The highest BCUT2D eigenvalue weighted by molar-refractivity contribution is 6.69. The lowest BCUT2D eigenvalue weighted by Crippen LogP contribution is -2.25. The van der Waals surface area contributed by atoms with Crippen molar-refractivity contribution in [3.63, 3.8) is 0 Å². The van der Waals surface area contributed by atoms with Crippen LogP contribution in [0, 0.1) is 0 Å². The molecule has 2 aromatic rings. The highest BCUT2D eigenvalue weighted by Gasteiger charge is 2.27. The second-order valence-corrected chi connectivity index (χ2v) is 5.17. The number of carbonyl (C=O) groups excluding carboxylic acids is 1. The predicted molar refractivity (Wildman–Crippen MR) is 87.0 cm³/mol. The minimum absolute atomic E-state index is 0.106. The lowest BCUT2D eigenvalue weighted by Gasteiger charge is -2.08. The Hall–Kier alpha value is -3.28. The zero-order valence-corrected chi connectivity index (χ0v) is 12.0. The van der Waals surface area contributed by atoms with E-state index in [2.05, 4.69) is 37.6 Å². The van der Waals surface area contributed by atoms with Crippen molar-refractivity contribution in [2.24, 2.45) is 25.4 Å². The molecule has 4 rings (SSSR count). The molecule has 0 spiro atoms. The molecule has 2 aliphatic rings. The molecule has 0 saturated heterocycles. The van der Waals surface area contributed by atoms with E-state index < -0.39 is 5.91 Å². The van der Waals surface area contributed by atoms with E-state index >= 15 is 0 Å². The Labute approximate surface area is 132 Å². The van der Waals surface area contributed by atoms with E-state index in [-0.39, 0.29) is 11.5 Å². The van der Waals surface area contributed by atoms with Gasteiger partial charge in [-0.3, -0.25) is 4.79 Å². The lowest BCUT2D eigenvalue weighted by molar-refractivity contribution is -0.111. The number of carbonyl (C=O) groups is 1. The number of amides is 1. The van der Waals surface area contributed by atoms with E-state index in [1.807, 2.05) is 42.5 Å². The molecule has 110 valence electrons. The number of amidine groups is 2. The van der Waals surface area contributed by atoms with Gasteiger partial charge >= 0.3 is 5.91 Å². The van der Waals surface area contributed by atoms with Crippen molar-refractivity contribution in [2.45, 2.75) is 6.42 Å². The molecule has 1 amide bonds. The number of benzene rings is 2. The van der Waals surface area contributed by atoms with Gasteiger partial charge in [0, 0.05) is 5.56 Å². The Morgan fingerprint density at radius 2 is 1.52 bits per heavy atom. The number of fused-ring (bicyclic) bond motifs is 1. The minimum Gasteiger partial charge on any atom is -0.265 e. The maximum atomic E-state index is 11.8. The number of nitrogens with zero attached hydrogens (tertiary/aromatic N) is 5. The summed E-state index contributed by atoms with van der Waals surface area (Å²) in [7, 11) is 0. The first-order valence-electron chi connectivity index (χ1n) is 7.13. The normalized spacial score (nSPS) is 15.8. The molecule has 2 aromatic carbocycles. The summed E-state index contributed by atoms with van der Waals surface area (Å²) in [5.41, 5.74) is 3.30. The molecule has 0 aromatic heterocycles. The van der Waals surface area contributed by atoms with Crippen LogP contribution in [0.2, 0.25) is 0 Å². The van der Waals surface area contributed by atoms with Crippen LogP contribution in [0.4, 0.5) is 0 Å². The molecular formula is C17H11N5O. The van der Waals surface area contributed by atoms with Gasteiger partial charge < -0.3 is 0 Å². The van der Waals surface area contributed by atoms with E-state index in [0.717, 1.165) is 12.0 Å². The van der Waals surface area contributed by atoms with Crippen LogP contribution in [0.3, 0.4) is 0 Å². The van der Waals surface area contributed by atoms with Crippen LogP contribution in [0.1, 0.15) is 16.7 Å². The molecule has 0 saturated carbocycles. The standard InChI is InChI=1S/C17H11N5O/c23-17-14-16(21-22-20-14)18-15(19-17)13-8-6-12(7-9-13)10-11-4-2-1-3-5-11/h1-9H,10H2. The molecule has 0 N–H and O–H groups in total. The monoisotopic (exact) mass is 301 g/mol. The van der Waals surface area contributed by atoms with E-state index in [1.54, 1.807) is 0 Å². The van der Waals surface area contributed by atoms with Crippen LogP contribution < -0.4 is 0 Å². The second kappa shape index (κ2) is 5.49. The quantitative estimate of drug-likeness (QED) is 0.858. The first-order valence-corrected chi connectivity index (χ1v) is 7.13. The van der Waals surface area contributed by atoms with Crippen LogP contribution in [0.5, 0.6) is 0 Å². The van der Waals surface area contributed by atoms with E-state index in [4.69, 9.17) is 0 Å². The van der Waals surface area contributed by atoms with Gasteiger partial charge in [0.15, 0.2) is 5.84 Å². The van der Waals surface area contributed by atoms with Crippen molar-refractivity contribution < 1.29 is 4.79 Å². The van der Waals surface area contributed by atoms with Crippen molar-refractivity contribution in [1.82, 2.24) is 0 Å². The van der Waals surface area contributed by atoms with Crippen molar-refractivity contribution in [1.29, 1.82) is 0 Å². The van der Waals surface area contributed by atoms with Crippen molar-refractivity contribution >= 4 is 23.3 Å². The van der Waals surface area contributed by atoms with Crippen molar-refractivity contribution in [3.05, 3.63) is 71.3 Å². The lowest BCUT2D eigenvalue weighted by atomic mass is 10.0. The van der Waals surface area contributed by atoms with Crippen LogP contribution in [-0.4, -0.2) is 23.3 Å². The van der Waals surface area contributed by atoms with Gasteiger partial charge in [-0.2, -0.15) is 4.99 Å². The highest BCUT2D eigenvalue weighted by Crippen LogP contribution is 2.15. The molecule has 0 bridgehead atoms. The van der Waals surface area contributed by atoms with Gasteiger partial charge in [0.25, 0.3) is 0 Å². The number of aliphatic imine (C=N–C) groups is 2. The largest absolute Gasteiger partial charge is 0.303 e. The molecule has 0 fully saturated rings. The summed E-state index contributed by atoms with van der Waals surface area (Å²) in [4.78, 5) is 20.0. The number of hydrogen-bond donors (Lipinski definition) is 0. The zero-order chi connectivity index (χ0) is 15.6.